The summed E-state index contributed by atoms with van der Waals surface area (Å²) in [6.45, 7) is 4.47. The number of para-hydroxylation sites is 3. The lowest BCUT2D eigenvalue weighted by molar-refractivity contribution is 0.660. The van der Waals surface area contributed by atoms with Crippen molar-refractivity contribution >= 4 is 77.5 Å². The topological polar surface area (TPSA) is 11.4 Å². The Hall–Kier alpha value is -8.66. The second kappa shape index (κ2) is 15.8. The maximum atomic E-state index is 9.65. The van der Waals surface area contributed by atoms with Gasteiger partial charge in [0.05, 0.1) is 22.2 Å². The molecule has 0 N–H and O–H groups in total. The Bertz CT molecular complexity index is 4110. The summed E-state index contributed by atoms with van der Waals surface area (Å²) < 4.78 is 40.8. The Morgan fingerprint density at radius 3 is 1.84 bits per heavy atom. The van der Waals surface area contributed by atoms with Crippen LogP contribution in [-0.4, -0.2) is 4.57 Å². The third-order valence-corrected chi connectivity index (χ3v) is 14.0. The predicted octanol–water partition coefficient (Wildman–Crippen LogP) is 18.0. The van der Waals surface area contributed by atoms with Crippen molar-refractivity contribution in [1.82, 2.24) is 4.57 Å². The van der Waals surface area contributed by atoms with Crippen LogP contribution in [0.5, 0.6) is 0 Å². The quantitative estimate of drug-likeness (QED) is 0.151. The van der Waals surface area contributed by atoms with Gasteiger partial charge in [-0.3, -0.25) is 0 Å². The molecular formula is C65H47N3. The van der Waals surface area contributed by atoms with Crippen LogP contribution in [0.1, 0.15) is 30.5 Å². The molecule has 13 rings (SSSR count). The summed E-state index contributed by atoms with van der Waals surface area (Å²) in [4.78, 5) is 4.22. The van der Waals surface area contributed by atoms with Gasteiger partial charge in [-0.05, 0) is 147 Å². The van der Waals surface area contributed by atoms with Gasteiger partial charge in [0.2, 0.25) is 0 Å². The van der Waals surface area contributed by atoms with E-state index in [1.165, 1.54) is 16.5 Å². The summed E-state index contributed by atoms with van der Waals surface area (Å²) >= 11 is 0. The van der Waals surface area contributed by atoms with Gasteiger partial charge in [0.25, 0.3) is 0 Å². The molecule has 0 radical (unpaired) electrons. The number of nitrogens with zero attached hydrogens (tertiary/aromatic N) is 3. The van der Waals surface area contributed by atoms with Crippen molar-refractivity contribution in [2.24, 2.45) is 0 Å². The van der Waals surface area contributed by atoms with Crippen LogP contribution >= 0.6 is 0 Å². The molecule has 1 aliphatic carbocycles. The number of hydrogen-bond acceptors (Lipinski definition) is 2. The standard InChI is InChI=1S/C65H47N3/c1-65(2)60-25-13-11-23-56(60)57-38-36-54(43-61(57)65)66(49-18-5-3-6-19-49)51-33-30-44(31-34-51)46-28-29-48-41-52(35-32-47(48)40-46)67(62-27-15-17-45-16-9-10-22-55(45)62)53-37-39-64-59(42-53)58-24-12-14-26-63(58)68(64)50-20-7-4-8-21-50/h3-43H,1-2H3/i30D,31D,33D,34D. The molecule has 0 bridgehead atoms. The van der Waals surface area contributed by atoms with Gasteiger partial charge in [0.15, 0.2) is 0 Å². The van der Waals surface area contributed by atoms with E-state index < -0.39 is 0 Å². The Labute approximate surface area is 402 Å². The summed E-state index contributed by atoms with van der Waals surface area (Å²) in [7, 11) is 0. The molecule has 0 saturated heterocycles. The molecule has 0 unspecified atom stereocenters. The molecule has 68 heavy (non-hydrogen) atoms. The van der Waals surface area contributed by atoms with Crippen LogP contribution in [-0.2, 0) is 5.41 Å². The van der Waals surface area contributed by atoms with Crippen LogP contribution in [0.4, 0.5) is 34.1 Å². The minimum atomic E-state index is -0.270. The number of hydrogen-bond donors (Lipinski definition) is 0. The van der Waals surface area contributed by atoms with E-state index in [1.807, 2.05) is 59.5 Å². The number of aromatic nitrogens is 1. The van der Waals surface area contributed by atoms with Gasteiger partial charge in [0, 0.05) is 55.7 Å². The summed E-state index contributed by atoms with van der Waals surface area (Å²) in [5, 5.41) is 6.51. The van der Waals surface area contributed by atoms with Gasteiger partial charge in [-0.25, -0.2) is 0 Å². The van der Waals surface area contributed by atoms with Gasteiger partial charge in [-0.15, -0.1) is 0 Å². The van der Waals surface area contributed by atoms with Crippen molar-refractivity contribution < 1.29 is 5.48 Å². The molecule has 1 aromatic heterocycles. The maximum absolute atomic E-state index is 9.65. The summed E-state index contributed by atoms with van der Waals surface area (Å²) in [6.07, 6.45) is 0. The Morgan fingerprint density at radius 2 is 0.985 bits per heavy atom. The van der Waals surface area contributed by atoms with E-state index in [2.05, 4.69) is 193 Å². The molecule has 0 spiro atoms. The predicted molar refractivity (Wildman–Crippen MR) is 288 cm³/mol. The molecule has 1 heterocycles. The molecule has 0 saturated carbocycles. The lowest BCUT2D eigenvalue weighted by Gasteiger charge is -2.28. The second-order valence-electron chi connectivity index (χ2n) is 18.3. The zero-order valence-electron chi connectivity index (χ0n) is 41.7. The zero-order chi connectivity index (χ0) is 48.8. The fourth-order valence-corrected chi connectivity index (χ4v) is 10.7. The van der Waals surface area contributed by atoms with Crippen molar-refractivity contribution in [3.8, 4) is 27.9 Å². The van der Waals surface area contributed by atoms with Crippen LogP contribution in [0.25, 0.3) is 71.3 Å². The largest absolute Gasteiger partial charge is 0.310 e. The zero-order valence-corrected chi connectivity index (χ0v) is 37.7. The third kappa shape index (κ3) is 6.42. The molecule has 0 atom stereocenters. The van der Waals surface area contributed by atoms with Crippen LogP contribution in [0.3, 0.4) is 0 Å². The number of fused-ring (bicyclic) bond motifs is 8. The van der Waals surface area contributed by atoms with E-state index in [0.717, 1.165) is 83.2 Å². The third-order valence-electron chi connectivity index (χ3n) is 14.0. The lowest BCUT2D eigenvalue weighted by atomic mass is 9.82. The fourth-order valence-electron chi connectivity index (χ4n) is 10.7. The molecule has 0 aliphatic heterocycles. The van der Waals surface area contributed by atoms with Crippen molar-refractivity contribution in [2.75, 3.05) is 9.80 Å². The first-order valence-electron chi connectivity index (χ1n) is 25.3. The first kappa shape index (κ1) is 35.6. The Morgan fingerprint density at radius 1 is 0.368 bits per heavy atom. The van der Waals surface area contributed by atoms with E-state index in [9.17, 15) is 5.48 Å². The van der Waals surface area contributed by atoms with Crippen molar-refractivity contribution in [3.05, 3.63) is 260 Å². The van der Waals surface area contributed by atoms with E-state index in [1.54, 1.807) is 0 Å². The molecule has 11 aromatic carbocycles. The highest BCUT2D eigenvalue weighted by atomic mass is 15.1. The highest BCUT2D eigenvalue weighted by molar-refractivity contribution is 6.11. The molecule has 3 nitrogen and oxygen atoms in total. The van der Waals surface area contributed by atoms with Gasteiger partial charge >= 0.3 is 0 Å². The SMILES string of the molecule is [2H]c1c([2H])c(N(c2ccccc2)c2ccc3c(c2)C(C)(C)c2ccccc2-3)c([2H])c([2H])c1-c1ccc2cc(N(c3ccc4c(c3)c3ccccc3n4-c3ccccc3)c3cccc4ccccc34)ccc2c1. The number of anilines is 6. The molecule has 3 heteroatoms. The summed E-state index contributed by atoms with van der Waals surface area (Å²) in [5.41, 5.74) is 13.6. The Balaban J connectivity index is 0.924. The summed E-state index contributed by atoms with van der Waals surface area (Å²) in [6, 6.07) is 77.4. The number of benzene rings is 11. The van der Waals surface area contributed by atoms with Crippen LogP contribution in [0.2, 0.25) is 0 Å². The van der Waals surface area contributed by atoms with Crippen molar-refractivity contribution in [2.45, 2.75) is 19.3 Å². The van der Waals surface area contributed by atoms with E-state index in [4.69, 9.17) is 0 Å². The molecule has 0 amide bonds. The van der Waals surface area contributed by atoms with Crippen molar-refractivity contribution in [3.63, 3.8) is 0 Å². The molecule has 12 aromatic rings. The highest BCUT2D eigenvalue weighted by Gasteiger charge is 2.35. The minimum absolute atomic E-state index is 0.0945. The first-order valence-corrected chi connectivity index (χ1v) is 23.3. The highest BCUT2D eigenvalue weighted by Crippen LogP contribution is 2.51. The molecule has 1 aliphatic rings. The monoisotopic (exact) mass is 873 g/mol. The number of rotatable bonds is 8. The minimum Gasteiger partial charge on any atom is -0.310 e. The van der Waals surface area contributed by atoms with Crippen LogP contribution in [0.15, 0.2) is 249 Å². The van der Waals surface area contributed by atoms with Gasteiger partial charge in [0.1, 0.15) is 0 Å². The van der Waals surface area contributed by atoms with Crippen molar-refractivity contribution in [1.29, 1.82) is 0 Å². The summed E-state index contributed by atoms with van der Waals surface area (Å²) in [5.74, 6) is 0. The van der Waals surface area contributed by atoms with E-state index in [0.29, 0.717) is 5.56 Å². The lowest BCUT2D eigenvalue weighted by Crippen LogP contribution is -2.16. The van der Waals surface area contributed by atoms with Gasteiger partial charge in [-0.1, -0.05) is 165 Å². The average molecular weight is 874 g/mol. The van der Waals surface area contributed by atoms with E-state index >= 15 is 0 Å². The average Bonchev–Trinajstić information content (AvgIpc) is 3.87. The Kier molecular flexibility index (Phi) is 8.24. The molecule has 322 valence electrons. The van der Waals surface area contributed by atoms with E-state index in [-0.39, 0.29) is 40.8 Å². The van der Waals surface area contributed by atoms with Crippen LogP contribution in [0, 0.1) is 0 Å². The second-order valence-corrected chi connectivity index (χ2v) is 18.3. The first-order chi connectivity index (χ1) is 35.2. The van der Waals surface area contributed by atoms with Crippen LogP contribution < -0.4 is 9.80 Å². The molecule has 0 fully saturated rings. The maximum Gasteiger partial charge on any atom is 0.0645 e. The van der Waals surface area contributed by atoms with Gasteiger partial charge < -0.3 is 14.4 Å². The fraction of sp³-hybridized carbons (Fsp3) is 0.0462. The normalized spacial score (nSPS) is 13.5. The smallest absolute Gasteiger partial charge is 0.0645 e. The molecular weight excluding hydrogens is 823 g/mol. The van der Waals surface area contributed by atoms with Gasteiger partial charge in [-0.2, -0.15) is 0 Å².